The van der Waals surface area contributed by atoms with E-state index in [1.165, 1.54) is 5.56 Å². The van der Waals surface area contributed by atoms with Crippen LogP contribution < -0.4 is 5.32 Å². The number of hydrogen-bond donors (Lipinski definition) is 1. The van der Waals surface area contributed by atoms with Gasteiger partial charge in [0, 0.05) is 4.47 Å². The average molecular weight is 363 g/mol. The number of benzene rings is 3. The van der Waals surface area contributed by atoms with E-state index in [0.717, 1.165) is 27.1 Å². The van der Waals surface area contributed by atoms with Gasteiger partial charge in [0.25, 0.3) is 0 Å². The first-order chi connectivity index (χ1) is 11.3. The van der Waals surface area contributed by atoms with Gasteiger partial charge in [-0.15, -0.1) is 0 Å². The SMILES string of the molecule is Brc1cccc2c1N=C(c1ccccc1)C(c1ccccc1)N2. The number of hydrogen-bond acceptors (Lipinski definition) is 2. The molecule has 1 aliphatic rings. The molecule has 0 amide bonds. The maximum atomic E-state index is 4.98. The number of nitrogens with one attached hydrogen (secondary N) is 1. The summed E-state index contributed by atoms with van der Waals surface area (Å²) in [5, 5.41) is 3.64. The van der Waals surface area contributed by atoms with Gasteiger partial charge in [-0.05, 0) is 39.2 Å². The Balaban J connectivity index is 1.90. The summed E-state index contributed by atoms with van der Waals surface area (Å²) < 4.78 is 1.00. The van der Waals surface area contributed by atoms with Crippen LogP contribution >= 0.6 is 15.9 Å². The Bertz CT molecular complexity index is 857. The van der Waals surface area contributed by atoms with Gasteiger partial charge < -0.3 is 5.32 Å². The van der Waals surface area contributed by atoms with Gasteiger partial charge in [0.1, 0.15) is 5.69 Å². The van der Waals surface area contributed by atoms with E-state index < -0.39 is 0 Å². The molecule has 1 aliphatic heterocycles. The van der Waals surface area contributed by atoms with Gasteiger partial charge in [-0.1, -0.05) is 66.7 Å². The minimum absolute atomic E-state index is 0.0420. The number of fused-ring (bicyclic) bond motifs is 1. The van der Waals surface area contributed by atoms with E-state index in [4.69, 9.17) is 4.99 Å². The summed E-state index contributed by atoms with van der Waals surface area (Å²) in [7, 11) is 0. The molecule has 0 spiro atoms. The number of anilines is 1. The van der Waals surface area contributed by atoms with E-state index >= 15 is 0 Å². The zero-order valence-corrected chi connectivity index (χ0v) is 14.0. The van der Waals surface area contributed by atoms with Crippen molar-refractivity contribution in [2.75, 3.05) is 5.32 Å². The molecule has 1 atom stereocenters. The minimum Gasteiger partial charge on any atom is -0.371 e. The molecule has 0 fully saturated rings. The molecule has 0 saturated heterocycles. The van der Waals surface area contributed by atoms with Crippen LogP contribution in [0.1, 0.15) is 17.2 Å². The number of para-hydroxylation sites is 1. The van der Waals surface area contributed by atoms with Crippen LogP contribution in [0.2, 0.25) is 0 Å². The Morgan fingerprint density at radius 3 is 2.22 bits per heavy atom. The maximum Gasteiger partial charge on any atom is 0.101 e. The number of aliphatic imine (C=N–C) groups is 1. The molecule has 1 heterocycles. The summed E-state index contributed by atoms with van der Waals surface area (Å²) in [4.78, 5) is 4.98. The summed E-state index contributed by atoms with van der Waals surface area (Å²) in [6, 6.07) is 27.0. The molecule has 3 aromatic rings. The van der Waals surface area contributed by atoms with Crippen molar-refractivity contribution in [3.8, 4) is 0 Å². The van der Waals surface area contributed by atoms with Gasteiger partial charge in [0.15, 0.2) is 0 Å². The van der Waals surface area contributed by atoms with E-state index in [9.17, 15) is 0 Å². The molecule has 1 N–H and O–H groups in total. The normalized spacial score (nSPS) is 16.2. The molecule has 3 heteroatoms. The topological polar surface area (TPSA) is 24.4 Å². The summed E-state index contributed by atoms with van der Waals surface area (Å²) >= 11 is 3.61. The molecule has 0 aromatic heterocycles. The van der Waals surface area contributed by atoms with E-state index in [1.807, 2.05) is 24.3 Å². The van der Waals surface area contributed by atoms with Crippen LogP contribution in [0.4, 0.5) is 11.4 Å². The second-order valence-electron chi connectivity index (χ2n) is 5.49. The largest absolute Gasteiger partial charge is 0.371 e. The van der Waals surface area contributed by atoms with Crippen molar-refractivity contribution in [2.24, 2.45) is 4.99 Å². The second-order valence-corrected chi connectivity index (χ2v) is 6.34. The molecule has 112 valence electrons. The number of rotatable bonds is 2. The molecular weight excluding hydrogens is 348 g/mol. The van der Waals surface area contributed by atoms with Crippen molar-refractivity contribution in [1.82, 2.24) is 0 Å². The quantitative estimate of drug-likeness (QED) is 0.617. The van der Waals surface area contributed by atoms with Crippen molar-refractivity contribution >= 4 is 33.0 Å². The van der Waals surface area contributed by atoms with Gasteiger partial charge >= 0.3 is 0 Å². The summed E-state index contributed by atoms with van der Waals surface area (Å²) in [5.41, 5.74) is 5.39. The molecule has 0 aliphatic carbocycles. The lowest BCUT2D eigenvalue weighted by atomic mass is 9.94. The fourth-order valence-corrected chi connectivity index (χ4v) is 3.34. The van der Waals surface area contributed by atoms with E-state index in [1.54, 1.807) is 0 Å². The van der Waals surface area contributed by atoms with Crippen LogP contribution in [-0.4, -0.2) is 5.71 Å². The predicted molar refractivity (Wildman–Crippen MR) is 99.6 cm³/mol. The molecular formula is C20H15BrN2. The number of halogens is 1. The highest BCUT2D eigenvalue weighted by Gasteiger charge is 2.25. The third kappa shape index (κ3) is 2.68. The Morgan fingerprint density at radius 1 is 0.783 bits per heavy atom. The summed E-state index contributed by atoms with van der Waals surface area (Å²) in [6.45, 7) is 0. The van der Waals surface area contributed by atoms with Gasteiger partial charge in [-0.25, -0.2) is 4.99 Å². The Morgan fingerprint density at radius 2 is 1.48 bits per heavy atom. The third-order valence-corrected chi connectivity index (χ3v) is 4.63. The summed E-state index contributed by atoms with van der Waals surface area (Å²) in [5.74, 6) is 0. The number of nitrogens with zero attached hydrogens (tertiary/aromatic N) is 1. The first kappa shape index (κ1) is 14.2. The Labute approximate surface area is 144 Å². The van der Waals surface area contributed by atoms with Crippen molar-refractivity contribution in [2.45, 2.75) is 6.04 Å². The average Bonchev–Trinajstić information content (AvgIpc) is 2.63. The van der Waals surface area contributed by atoms with Gasteiger partial charge in [-0.2, -0.15) is 0 Å². The third-order valence-electron chi connectivity index (χ3n) is 3.99. The van der Waals surface area contributed by atoms with Crippen LogP contribution in [0.3, 0.4) is 0 Å². The first-order valence-corrected chi connectivity index (χ1v) is 8.36. The minimum atomic E-state index is 0.0420. The fourth-order valence-electron chi connectivity index (χ4n) is 2.88. The first-order valence-electron chi connectivity index (χ1n) is 7.57. The van der Waals surface area contributed by atoms with Crippen LogP contribution in [0, 0.1) is 0 Å². The van der Waals surface area contributed by atoms with Crippen molar-refractivity contribution in [3.05, 3.63) is 94.5 Å². The second kappa shape index (κ2) is 6.01. The molecule has 0 bridgehead atoms. The van der Waals surface area contributed by atoms with Crippen molar-refractivity contribution in [1.29, 1.82) is 0 Å². The van der Waals surface area contributed by atoms with Crippen LogP contribution in [0.15, 0.2) is 88.3 Å². The molecule has 23 heavy (non-hydrogen) atoms. The standard InChI is InChI=1S/C20H15BrN2/c21-16-12-7-13-17-20(16)23-19(15-10-5-2-6-11-15)18(22-17)14-8-3-1-4-9-14/h1-13,18,22H. The molecule has 2 nitrogen and oxygen atoms in total. The lowest BCUT2D eigenvalue weighted by molar-refractivity contribution is 1.01. The Hall–Kier alpha value is -2.39. The van der Waals surface area contributed by atoms with Crippen LogP contribution in [-0.2, 0) is 0 Å². The molecule has 0 radical (unpaired) electrons. The smallest absolute Gasteiger partial charge is 0.101 e. The van der Waals surface area contributed by atoms with Crippen LogP contribution in [0.5, 0.6) is 0 Å². The predicted octanol–water partition coefficient (Wildman–Crippen LogP) is 5.74. The fraction of sp³-hybridized carbons (Fsp3) is 0.0500. The maximum absolute atomic E-state index is 4.98. The zero-order chi connectivity index (χ0) is 15.6. The van der Waals surface area contributed by atoms with Crippen molar-refractivity contribution in [3.63, 3.8) is 0 Å². The zero-order valence-electron chi connectivity index (χ0n) is 12.4. The molecule has 4 rings (SSSR count). The lowest BCUT2D eigenvalue weighted by Gasteiger charge is -2.28. The van der Waals surface area contributed by atoms with Crippen LogP contribution in [0.25, 0.3) is 0 Å². The van der Waals surface area contributed by atoms with Gasteiger partial charge in [0.2, 0.25) is 0 Å². The van der Waals surface area contributed by atoms with Gasteiger partial charge in [0.05, 0.1) is 17.4 Å². The summed E-state index contributed by atoms with van der Waals surface area (Å²) in [6.07, 6.45) is 0. The highest BCUT2D eigenvalue weighted by atomic mass is 79.9. The monoisotopic (exact) mass is 362 g/mol. The van der Waals surface area contributed by atoms with E-state index in [0.29, 0.717) is 0 Å². The molecule has 1 unspecified atom stereocenters. The highest BCUT2D eigenvalue weighted by molar-refractivity contribution is 9.10. The molecule has 3 aromatic carbocycles. The van der Waals surface area contributed by atoms with E-state index in [2.05, 4.69) is 75.8 Å². The molecule has 0 saturated carbocycles. The van der Waals surface area contributed by atoms with E-state index in [-0.39, 0.29) is 6.04 Å². The van der Waals surface area contributed by atoms with Gasteiger partial charge in [-0.3, -0.25) is 0 Å². The lowest BCUT2D eigenvalue weighted by Crippen LogP contribution is -2.24. The highest BCUT2D eigenvalue weighted by Crippen LogP contribution is 2.41. The Kier molecular flexibility index (Phi) is 3.72. The van der Waals surface area contributed by atoms with Crippen molar-refractivity contribution < 1.29 is 0 Å².